The molecule has 0 saturated carbocycles. The Morgan fingerprint density at radius 1 is 1.27 bits per heavy atom. The topological polar surface area (TPSA) is 29.5 Å². The summed E-state index contributed by atoms with van der Waals surface area (Å²) in [4.78, 5) is 13.9. The van der Waals surface area contributed by atoms with E-state index in [1.807, 2.05) is 0 Å². The fraction of sp³-hybridized carbons (Fsp3) is 0.550. The number of amides is 1. The molecule has 1 aromatic carbocycles. The molecule has 0 aromatic heterocycles. The lowest BCUT2D eigenvalue weighted by atomic mass is 9.83. The van der Waals surface area contributed by atoms with Crippen LogP contribution in [0.2, 0.25) is 0 Å². The Kier molecular flexibility index (Phi) is 7.52. The molecule has 1 aliphatic rings. The maximum absolute atomic E-state index is 14.1. The van der Waals surface area contributed by atoms with Crippen molar-refractivity contribution in [2.24, 2.45) is 0 Å². The summed E-state index contributed by atoms with van der Waals surface area (Å²) in [5.41, 5.74) is 0.00943. The number of piperidine rings is 1. The van der Waals surface area contributed by atoms with Crippen LogP contribution >= 0.6 is 0 Å². The zero-order chi connectivity index (χ0) is 19.1. The third-order valence-corrected chi connectivity index (χ3v) is 4.86. The van der Waals surface area contributed by atoms with Crippen LogP contribution in [-0.2, 0) is 9.53 Å². The molecule has 1 amide bonds. The summed E-state index contributed by atoms with van der Waals surface area (Å²) >= 11 is 0. The maximum atomic E-state index is 14.1. The molecule has 1 heterocycles. The molecule has 26 heavy (non-hydrogen) atoms. The molecular formula is C20H24F3NO2. The molecule has 3 nitrogen and oxygen atoms in total. The van der Waals surface area contributed by atoms with Gasteiger partial charge in [-0.05, 0) is 44.2 Å². The molecule has 1 saturated heterocycles. The van der Waals surface area contributed by atoms with Gasteiger partial charge in [0.2, 0.25) is 5.91 Å². The first-order valence-corrected chi connectivity index (χ1v) is 8.90. The summed E-state index contributed by atoms with van der Waals surface area (Å²) in [5.74, 6) is -1.05. The zero-order valence-corrected chi connectivity index (χ0v) is 14.9. The third-order valence-electron chi connectivity index (χ3n) is 4.86. The summed E-state index contributed by atoms with van der Waals surface area (Å²) < 4.78 is 46.4. The molecule has 1 fully saturated rings. The highest BCUT2D eigenvalue weighted by Gasteiger charge is 2.35. The molecule has 0 aliphatic carbocycles. The molecule has 0 spiro atoms. The summed E-state index contributed by atoms with van der Waals surface area (Å²) in [6.45, 7) is 3.20. The first-order chi connectivity index (χ1) is 12.5. The average molecular weight is 367 g/mol. The van der Waals surface area contributed by atoms with Crippen molar-refractivity contribution in [3.63, 3.8) is 0 Å². The fourth-order valence-electron chi connectivity index (χ4n) is 3.49. The van der Waals surface area contributed by atoms with Gasteiger partial charge in [-0.3, -0.25) is 4.79 Å². The van der Waals surface area contributed by atoms with E-state index in [1.165, 1.54) is 0 Å². The van der Waals surface area contributed by atoms with E-state index in [0.717, 1.165) is 25.3 Å². The number of rotatable bonds is 8. The molecule has 142 valence electrons. The molecule has 0 radical (unpaired) electrons. The highest BCUT2D eigenvalue weighted by atomic mass is 19.2. The Labute approximate surface area is 152 Å². The number of terminal acetylenes is 1. The van der Waals surface area contributed by atoms with Crippen LogP contribution in [0.25, 0.3) is 0 Å². The fourth-order valence-corrected chi connectivity index (χ4v) is 3.49. The number of unbranched alkanes of at least 4 members (excludes halogenated alkanes) is 2. The van der Waals surface area contributed by atoms with Crippen LogP contribution in [0, 0.1) is 29.8 Å². The lowest BCUT2D eigenvalue weighted by Gasteiger charge is -2.39. The van der Waals surface area contributed by atoms with E-state index in [0.29, 0.717) is 32.2 Å². The van der Waals surface area contributed by atoms with Gasteiger partial charge in [0.05, 0.1) is 0 Å². The smallest absolute Gasteiger partial charge is 0.222 e. The van der Waals surface area contributed by atoms with Crippen molar-refractivity contribution in [2.45, 2.75) is 51.0 Å². The number of hydrogen-bond acceptors (Lipinski definition) is 2. The minimum absolute atomic E-state index is 0.00499. The minimum atomic E-state index is -1.19. The molecule has 1 aliphatic heterocycles. The summed E-state index contributed by atoms with van der Waals surface area (Å²) in [7, 11) is 0. The van der Waals surface area contributed by atoms with E-state index >= 15 is 0 Å². The van der Waals surface area contributed by atoms with Crippen LogP contribution in [0.15, 0.2) is 12.1 Å². The third kappa shape index (κ3) is 5.01. The van der Waals surface area contributed by atoms with Gasteiger partial charge >= 0.3 is 0 Å². The van der Waals surface area contributed by atoms with Gasteiger partial charge in [0.25, 0.3) is 0 Å². The van der Waals surface area contributed by atoms with Gasteiger partial charge in [-0.15, -0.1) is 6.42 Å². The van der Waals surface area contributed by atoms with Crippen molar-refractivity contribution in [1.82, 2.24) is 4.90 Å². The molecule has 1 aromatic rings. The second-order valence-corrected chi connectivity index (χ2v) is 6.58. The largest absolute Gasteiger partial charge is 0.369 e. The van der Waals surface area contributed by atoms with Crippen molar-refractivity contribution in [1.29, 1.82) is 0 Å². The predicted octanol–water partition coefficient (Wildman–Crippen LogP) is 4.02. The summed E-state index contributed by atoms with van der Waals surface area (Å²) in [6.07, 6.45) is 8.22. The van der Waals surface area contributed by atoms with Crippen LogP contribution in [0.1, 0.15) is 50.5 Å². The number of likely N-dealkylation sites (tertiary alicyclic amines) is 1. The Morgan fingerprint density at radius 2 is 2.04 bits per heavy atom. The molecule has 2 unspecified atom stereocenters. The minimum Gasteiger partial charge on any atom is -0.369 e. The first-order valence-electron chi connectivity index (χ1n) is 8.90. The quantitative estimate of drug-likeness (QED) is 0.395. The van der Waals surface area contributed by atoms with Crippen molar-refractivity contribution >= 4 is 5.91 Å². The first kappa shape index (κ1) is 20.3. The Hall–Kier alpha value is -2.00. The Balaban J connectivity index is 1.96. The maximum Gasteiger partial charge on any atom is 0.222 e. The number of carbonyl (C=O) groups excluding carboxylic acids is 1. The van der Waals surface area contributed by atoms with E-state index in [9.17, 15) is 18.0 Å². The Bertz CT molecular complexity index is 672. The van der Waals surface area contributed by atoms with Crippen molar-refractivity contribution in [2.75, 3.05) is 19.8 Å². The van der Waals surface area contributed by atoms with Crippen LogP contribution in [-0.4, -0.2) is 36.6 Å². The van der Waals surface area contributed by atoms with Crippen molar-refractivity contribution in [3.05, 3.63) is 35.1 Å². The van der Waals surface area contributed by atoms with Gasteiger partial charge in [-0.1, -0.05) is 5.92 Å². The summed E-state index contributed by atoms with van der Waals surface area (Å²) in [6, 6.07) is 1.26. The lowest BCUT2D eigenvalue weighted by Crippen LogP contribution is -2.46. The van der Waals surface area contributed by atoms with Gasteiger partial charge < -0.3 is 9.64 Å². The van der Waals surface area contributed by atoms with Crippen LogP contribution in [0.5, 0.6) is 0 Å². The highest BCUT2D eigenvalue weighted by Crippen LogP contribution is 2.35. The average Bonchev–Trinajstić information content (AvgIpc) is 2.60. The predicted molar refractivity (Wildman–Crippen MR) is 93.0 cm³/mol. The molecule has 6 heteroatoms. The van der Waals surface area contributed by atoms with E-state index in [4.69, 9.17) is 11.2 Å². The lowest BCUT2D eigenvalue weighted by molar-refractivity contribution is -0.136. The van der Waals surface area contributed by atoms with E-state index in [2.05, 4.69) is 5.92 Å². The monoisotopic (exact) mass is 367 g/mol. The van der Waals surface area contributed by atoms with Crippen LogP contribution in [0.3, 0.4) is 0 Å². The van der Waals surface area contributed by atoms with Crippen LogP contribution in [0.4, 0.5) is 13.2 Å². The Morgan fingerprint density at radius 3 is 2.77 bits per heavy atom. The van der Waals surface area contributed by atoms with Gasteiger partial charge in [-0.25, -0.2) is 13.2 Å². The molecule has 2 rings (SSSR count). The SMILES string of the molecule is C#CCOCCCCCN1C(=O)CCC(c2cc(F)cc(F)c2F)C1C. The standard InChI is InChI=1S/C20H24F3NO2/c1-3-10-26-11-6-4-5-9-24-14(2)16(7-8-19(24)25)17-12-15(21)13-18(22)20(17)23/h1,12-14,16H,4-11H2,2H3. The highest BCUT2D eigenvalue weighted by molar-refractivity contribution is 5.77. The summed E-state index contributed by atoms with van der Waals surface area (Å²) in [5, 5.41) is 0. The van der Waals surface area contributed by atoms with Gasteiger partial charge in [0.15, 0.2) is 11.6 Å². The molecule has 2 atom stereocenters. The molecule has 0 N–H and O–H groups in total. The number of nitrogens with zero attached hydrogens (tertiary/aromatic N) is 1. The van der Waals surface area contributed by atoms with Crippen LogP contribution < -0.4 is 0 Å². The van der Waals surface area contributed by atoms with E-state index in [1.54, 1.807) is 11.8 Å². The van der Waals surface area contributed by atoms with E-state index in [-0.39, 0.29) is 23.9 Å². The van der Waals surface area contributed by atoms with Crippen molar-refractivity contribution < 1.29 is 22.7 Å². The number of benzene rings is 1. The number of carbonyl (C=O) groups is 1. The normalized spacial score (nSPS) is 20.3. The zero-order valence-electron chi connectivity index (χ0n) is 14.9. The van der Waals surface area contributed by atoms with Gasteiger partial charge in [-0.2, -0.15) is 0 Å². The number of ether oxygens (including phenoxy) is 1. The number of halogens is 3. The number of hydrogen-bond donors (Lipinski definition) is 0. The van der Waals surface area contributed by atoms with Gasteiger partial charge in [0, 0.05) is 37.6 Å². The second kappa shape index (κ2) is 9.63. The van der Waals surface area contributed by atoms with Crippen molar-refractivity contribution in [3.8, 4) is 12.3 Å². The van der Waals surface area contributed by atoms with Gasteiger partial charge in [0.1, 0.15) is 12.4 Å². The molecular weight excluding hydrogens is 343 g/mol. The van der Waals surface area contributed by atoms with E-state index < -0.39 is 23.4 Å². The second-order valence-electron chi connectivity index (χ2n) is 6.58. The molecule has 0 bridgehead atoms.